The van der Waals surface area contributed by atoms with E-state index in [1.807, 2.05) is 84.9 Å². The quantitative estimate of drug-likeness (QED) is 0.0917. The number of hydrogen-bond acceptors (Lipinski definition) is 6. The molecule has 4 aromatic rings. The Morgan fingerprint density at radius 1 is 0.957 bits per heavy atom. The van der Waals surface area contributed by atoms with Gasteiger partial charge in [-0.05, 0) is 60.4 Å². The predicted molar refractivity (Wildman–Crippen MR) is 184 cm³/mol. The van der Waals surface area contributed by atoms with E-state index in [1.54, 1.807) is 18.2 Å². The van der Waals surface area contributed by atoms with Crippen molar-refractivity contribution in [2.24, 2.45) is 4.99 Å². The van der Waals surface area contributed by atoms with Gasteiger partial charge in [0, 0.05) is 47.2 Å². The molecule has 0 spiro atoms. The minimum atomic E-state index is -1.40. The van der Waals surface area contributed by atoms with Gasteiger partial charge in [0.15, 0.2) is 11.6 Å². The number of amides is 1. The lowest BCUT2D eigenvalue weighted by Crippen LogP contribution is -2.52. The summed E-state index contributed by atoms with van der Waals surface area (Å²) < 4.78 is 12.2. The lowest BCUT2D eigenvalue weighted by molar-refractivity contribution is -0.129. The zero-order valence-corrected chi connectivity index (χ0v) is 26.9. The summed E-state index contributed by atoms with van der Waals surface area (Å²) in [6.07, 6.45) is 5.53. The highest BCUT2D eigenvalue weighted by atomic mass is 35.5. The van der Waals surface area contributed by atoms with E-state index in [4.69, 9.17) is 42.8 Å². The largest absolute Gasteiger partial charge is 0.494 e. The molecule has 2 atom stereocenters. The zero-order chi connectivity index (χ0) is 32.2. The van der Waals surface area contributed by atoms with Crippen LogP contribution in [0.15, 0.2) is 114 Å². The second-order valence-electron chi connectivity index (χ2n) is 10.9. The first-order chi connectivity index (χ1) is 22.5. The normalized spacial score (nSPS) is 17.5. The molecule has 1 aliphatic rings. The predicted octanol–water partition coefficient (Wildman–Crippen LogP) is 7.37. The molecule has 0 saturated heterocycles. The Hall–Kier alpha value is -4.14. The summed E-state index contributed by atoms with van der Waals surface area (Å²) in [5.74, 6) is 0.618. The number of ether oxygens (including phenoxy) is 2. The van der Waals surface area contributed by atoms with Crippen molar-refractivity contribution in [3.63, 3.8) is 0 Å². The van der Waals surface area contributed by atoms with Crippen molar-refractivity contribution in [2.75, 3.05) is 19.8 Å². The van der Waals surface area contributed by atoms with Gasteiger partial charge in [0.2, 0.25) is 5.90 Å². The highest BCUT2D eigenvalue weighted by Gasteiger charge is 2.53. The van der Waals surface area contributed by atoms with E-state index in [2.05, 4.69) is 23.0 Å². The number of nitrogens with zero attached hydrogens (tertiary/aromatic N) is 1. The lowest BCUT2D eigenvalue weighted by Gasteiger charge is -2.30. The molecule has 238 valence electrons. The van der Waals surface area contributed by atoms with Gasteiger partial charge in [0.1, 0.15) is 5.75 Å². The first-order valence-corrected chi connectivity index (χ1v) is 16.1. The number of carbonyl (C=O) groups is 1. The van der Waals surface area contributed by atoms with Crippen LogP contribution in [0.4, 0.5) is 0 Å². The number of rotatable bonds is 15. The number of carbonyl (C=O) groups excluding carboxylic acids is 1. The van der Waals surface area contributed by atoms with Crippen molar-refractivity contribution < 1.29 is 19.4 Å². The third-order valence-corrected chi connectivity index (χ3v) is 8.19. The molecular formula is C37H37Cl2N3O4. The summed E-state index contributed by atoms with van der Waals surface area (Å²) in [5, 5.41) is 9.91. The van der Waals surface area contributed by atoms with Crippen LogP contribution >= 0.6 is 23.2 Å². The van der Waals surface area contributed by atoms with Gasteiger partial charge in [-0.15, -0.1) is 0 Å². The number of aliphatic hydroxyl groups is 1. The van der Waals surface area contributed by atoms with Gasteiger partial charge in [-0.25, -0.2) is 10.4 Å². The maximum atomic E-state index is 14.3. The molecule has 0 saturated carbocycles. The molecule has 4 aromatic carbocycles. The molecule has 1 amide bonds. The molecule has 1 heterocycles. The number of aliphatic hydroxyl groups excluding tert-OH is 1. The summed E-state index contributed by atoms with van der Waals surface area (Å²) in [4.78, 5) is 19.3. The second-order valence-corrected chi connectivity index (χ2v) is 11.8. The fourth-order valence-corrected chi connectivity index (χ4v) is 5.73. The standard InChI is InChI=1S/C37H37Cl2N3O4/c38-30-18-21-32(33(39)26-30)34-37(22-7-14-27-10-3-1-4-11-27,36(44)42-40-23-8-15-28-12-5-2-6-13-28)41-35(46-34)29-16-19-31(20-17-29)45-25-9-24-43/h1-7,10-14,16-21,26,34,40,43H,8-9,15,22-25H2,(H,42,44)/b14-7+/t34-,37-/m0/s1. The topological polar surface area (TPSA) is 92.2 Å². The van der Waals surface area contributed by atoms with Crippen molar-refractivity contribution in [1.82, 2.24) is 10.9 Å². The fourth-order valence-electron chi connectivity index (χ4n) is 5.22. The van der Waals surface area contributed by atoms with Gasteiger partial charge in [0.05, 0.1) is 6.61 Å². The highest BCUT2D eigenvalue weighted by Crippen LogP contribution is 2.45. The minimum absolute atomic E-state index is 0.0577. The molecule has 0 fully saturated rings. The molecule has 3 N–H and O–H groups in total. The maximum Gasteiger partial charge on any atom is 0.266 e. The van der Waals surface area contributed by atoms with Crippen LogP contribution in [0, 0.1) is 0 Å². The zero-order valence-electron chi connectivity index (χ0n) is 25.4. The summed E-state index contributed by atoms with van der Waals surface area (Å²) in [5.41, 5.74) is 8.14. The molecule has 0 aromatic heterocycles. The fraction of sp³-hybridized carbons (Fsp3) is 0.243. The second kappa shape index (κ2) is 16.4. The molecule has 0 unspecified atom stereocenters. The molecule has 46 heavy (non-hydrogen) atoms. The molecule has 0 radical (unpaired) electrons. The molecule has 0 aliphatic carbocycles. The van der Waals surface area contributed by atoms with Gasteiger partial charge < -0.3 is 14.6 Å². The van der Waals surface area contributed by atoms with E-state index in [9.17, 15) is 4.79 Å². The third kappa shape index (κ3) is 8.56. The molecular weight excluding hydrogens is 621 g/mol. The average Bonchev–Trinajstić information content (AvgIpc) is 3.46. The van der Waals surface area contributed by atoms with Gasteiger partial charge in [-0.3, -0.25) is 10.2 Å². The monoisotopic (exact) mass is 657 g/mol. The lowest BCUT2D eigenvalue weighted by atomic mass is 9.84. The van der Waals surface area contributed by atoms with Gasteiger partial charge in [-0.2, -0.15) is 0 Å². The van der Waals surface area contributed by atoms with E-state index < -0.39 is 11.6 Å². The first kappa shape index (κ1) is 33.2. The number of hydrogen-bond donors (Lipinski definition) is 3. The number of nitrogens with one attached hydrogen (secondary N) is 2. The Bertz CT molecular complexity index is 1630. The van der Waals surface area contributed by atoms with Crippen LogP contribution in [0.1, 0.15) is 47.6 Å². The number of halogens is 2. The maximum absolute atomic E-state index is 14.3. The Labute approximate surface area is 279 Å². The Morgan fingerprint density at radius 2 is 1.70 bits per heavy atom. The Balaban J connectivity index is 1.45. The Morgan fingerprint density at radius 3 is 2.41 bits per heavy atom. The number of aryl methyl sites for hydroxylation is 1. The van der Waals surface area contributed by atoms with Crippen LogP contribution in [0.3, 0.4) is 0 Å². The molecule has 0 bridgehead atoms. The van der Waals surface area contributed by atoms with Crippen LogP contribution in [0.2, 0.25) is 10.0 Å². The van der Waals surface area contributed by atoms with E-state index in [1.165, 1.54) is 5.56 Å². The summed E-state index contributed by atoms with van der Waals surface area (Å²) in [6, 6.07) is 32.5. The van der Waals surface area contributed by atoms with Crippen molar-refractivity contribution in [3.8, 4) is 5.75 Å². The molecule has 7 nitrogen and oxygen atoms in total. The van der Waals surface area contributed by atoms with E-state index in [0.29, 0.717) is 52.4 Å². The van der Waals surface area contributed by atoms with Gasteiger partial charge in [0.25, 0.3) is 5.91 Å². The molecule has 5 rings (SSSR count). The summed E-state index contributed by atoms with van der Waals surface area (Å²) in [7, 11) is 0. The summed E-state index contributed by atoms with van der Waals surface area (Å²) in [6.45, 7) is 1.03. The van der Waals surface area contributed by atoms with Gasteiger partial charge >= 0.3 is 0 Å². The van der Waals surface area contributed by atoms with Crippen LogP contribution in [0.25, 0.3) is 6.08 Å². The SMILES string of the molecule is O=C(NNCCCc1ccccc1)[C@@]1(C/C=C/c2ccccc2)N=C(c2ccc(OCCCO)cc2)O[C@H]1c1ccc(Cl)cc1Cl. The van der Waals surface area contributed by atoms with Crippen molar-refractivity contribution in [1.29, 1.82) is 0 Å². The van der Waals surface area contributed by atoms with Gasteiger partial charge in [-0.1, -0.05) is 102 Å². The summed E-state index contributed by atoms with van der Waals surface area (Å²) >= 11 is 13.0. The number of benzene rings is 4. The van der Waals surface area contributed by atoms with E-state index >= 15 is 0 Å². The highest BCUT2D eigenvalue weighted by molar-refractivity contribution is 6.35. The average molecular weight is 659 g/mol. The molecule has 1 aliphatic heterocycles. The first-order valence-electron chi connectivity index (χ1n) is 15.3. The van der Waals surface area contributed by atoms with Crippen LogP contribution in [-0.4, -0.2) is 42.2 Å². The minimum Gasteiger partial charge on any atom is -0.494 e. The van der Waals surface area contributed by atoms with Crippen molar-refractivity contribution in [3.05, 3.63) is 142 Å². The van der Waals surface area contributed by atoms with Crippen LogP contribution in [0.5, 0.6) is 5.75 Å². The van der Waals surface area contributed by atoms with Crippen molar-refractivity contribution >= 4 is 41.1 Å². The third-order valence-electron chi connectivity index (χ3n) is 7.63. The Kier molecular flexibility index (Phi) is 11.9. The van der Waals surface area contributed by atoms with Crippen LogP contribution < -0.4 is 15.6 Å². The molecule has 9 heteroatoms. The number of aliphatic imine (C=N–C) groups is 1. The van der Waals surface area contributed by atoms with E-state index in [-0.39, 0.29) is 18.9 Å². The van der Waals surface area contributed by atoms with Crippen LogP contribution in [-0.2, 0) is 16.0 Å². The van der Waals surface area contributed by atoms with Crippen molar-refractivity contribution in [2.45, 2.75) is 37.3 Å². The number of hydrazine groups is 1. The van der Waals surface area contributed by atoms with E-state index in [0.717, 1.165) is 18.4 Å². The smallest absolute Gasteiger partial charge is 0.266 e.